The Labute approximate surface area is 54.9 Å². The Balaban J connectivity index is 2.04. The number of rotatable bonds is 0. The minimum absolute atomic E-state index is 0.791. The summed E-state index contributed by atoms with van der Waals surface area (Å²) in [5, 5.41) is 0. The van der Waals surface area contributed by atoms with Crippen molar-refractivity contribution in [2.24, 2.45) is 0 Å². The molecule has 0 unspecified atom stereocenters. The van der Waals surface area contributed by atoms with E-state index >= 15 is 0 Å². The lowest BCUT2D eigenvalue weighted by molar-refractivity contribution is 0.227. The van der Waals surface area contributed by atoms with Crippen molar-refractivity contribution in [3.8, 4) is 0 Å². The van der Waals surface area contributed by atoms with Gasteiger partial charge in [-0.15, -0.1) is 0 Å². The Morgan fingerprint density at radius 1 is 1.00 bits per heavy atom. The third kappa shape index (κ3) is 0.907. The minimum Gasteiger partial charge on any atom is -0.369 e. The maximum absolute atomic E-state index is 5.40. The van der Waals surface area contributed by atoms with E-state index in [1.165, 1.54) is 0 Å². The second kappa shape index (κ2) is 2.03. The predicted molar refractivity (Wildman–Crippen MR) is 33.7 cm³/mol. The molecule has 2 aliphatic rings. The van der Waals surface area contributed by atoms with Crippen molar-refractivity contribution in [1.29, 1.82) is 0 Å². The van der Waals surface area contributed by atoms with Crippen LogP contribution in [-0.2, 0) is 8.85 Å². The van der Waals surface area contributed by atoms with Crippen LogP contribution in [0.5, 0.6) is 0 Å². The Kier molecular flexibility index (Phi) is 1.31. The van der Waals surface area contributed by atoms with Gasteiger partial charge in [-0.2, -0.15) is 0 Å². The summed E-state index contributed by atoms with van der Waals surface area (Å²) >= 11 is 0. The van der Waals surface area contributed by atoms with Gasteiger partial charge in [-0.3, -0.25) is 9.96 Å². The molecule has 0 atom stereocenters. The lowest BCUT2D eigenvalue weighted by Crippen LogP contribution is -2.58. The van der Waals surface area contributed by atoms with Crippen LogP contribution >= 0.6 is 0 Å². The molecule has 0 aromatic heterocycles. The molecule has 0 amide bonds. The molecule has 4 nitrogen and oxygen atoms in total. The van der Waals surface area contributed by atoms with E-state index in [1.54, 1.807) is 0 Å². The summed E-state index contributed by atoms with van der Waals surface area (Å²) in [4.78, 5) is 6.43. The van der Waals surface area contributed by atoms with Crippen LogP contribution in [0.4, 0.5) is 0 Å². The zero-order valence-electron chi connectivity index (χ0n) is 5.14. The smallest absolute Gasteiger partial charge is 0.369 e. The normalized spacial score (nSPS) is 32.0. The van der Waals surface area contributed by atoms with Gasteiger partial charge >= 0.3 is 8.88 Å². The van der Waals surface area contributed by atoms with Gasteiger partial charge in [-0.05, 0) is 0 Å². The standard InChI is InChI=1S/C4H10N2O2Si/c1-3-7-9(5-1)6-2-4-8-9/h5-6H,1-4H2. The molecule has 2 saturated heterocycles. The average Bonchev–Trinajstić information content (AvgIpc) is 2.45. The summed E-state index contributed by atoms with van der Waals surface area (Å²) < 4.78 is 10.8. The second-order valence-electron chi connectivity index (χ2n) is 2.17. The molecular weight excluding hydrogens is 136 g/mol. The van der Waals surface area contributed by atoms with Gasteiger partial charge in [0.2, 0.25) is 0 Å². The molecule has 2 fully saturated rings. The van der Waals surface area contributed by atoms with Crippen molar-refractivity contribution in [2.75, 3.05) is 26.3 Å². The Morgan fingerprint density at radius 3 is 1.89 bits per heavy atom. The van der Waals surface area contributed by atoms with Crippen LogP contribution in [0.15, 0.2) is 0 Å². The van der Waals surface area contributed by atoms with E-state index in [1.807, 2.05) is 0 Å². The maximum Gasteiger partial charge on any atom is 0.517 e. The summed E-state index contributed by atoms with van der Waals surface area (Å²) in [7, 11) is -1.97. The van der Waals surface area contributed by atoms with E-state index in [9.17, 15) is 0 Å². The molecule has 9 heavy (non-hydrogen) atoms. The molecule has 0 aromatic carbocycles. The zero-order valence-corrected chi connectivity index (χ0v) is 6.14. The largest absolute Gasteiger partial charge is 0.517 e. The van der Waals surface area contributed by atoms with Gasteiger partial charge in [0, 0.05) is 13.1 Å². The molecule has 0 saturated carbocycles. The molecule has 5 heteroatoms. The van der Waals surface area contributed by atoms with Gasteiger partial charge in [0.25, 0.3) is 0 Å². The summed E-state index contributed by atoms with van der Waals surface area (Å²) in [6.07, 6.45) is 0. The zero-order chi connectivity index (χ0) is 6.16. The first-order chi connectivity index (χ1) is 4.41. The third-order valence-corrected chi connectivity index (χ3v) is 4.18. The van der Waals surface area contributed by atoms with E-state index < -0.39 is 8.88 Å². The predicted octanol–water partition coefficient (Wildman–Crippen LogP) is -1.34. The summed E-state index contributed by atoms with van der Waals surface area (Å²) in [6.45, 7) is 3.44. The van der Waals surface area contributed by atoms with Crippen LogP contribution in [0.25, 0.3) is 0 Å². The monoisotopic (exact) mass is 146 g/mol. The lowest BCUT2D eigenvalue weighted by Gasteiger charge is -2.14. The lowest BCUT2D eigenvalue weighted by atomic mass is 10.8. The van der Waals surface area contributed by atoms with Gasteiger partial charge in [0.05, 0.1) is 13.2 Å². The van der Waals surface area contributed by atoms with Gasteiger partial charge in [0.1, 0.15) is 0 Å². The van der Waals surface area contributed by atoms with E-state index in [0.717, 1.165) is 26.3 Å². The van der Waals surface area contributed by atoms with E-state index in [2.05, 4.69) is 9.96 Å². The van der Waals surface area contributed by atoms with Gasteiger partial charge < -0.3 is 8.85 Å². The van der Waals surface area contributed by atoms with Gasteiger partial charge in [0.15, 0.2) is 0 Å². The average molecular weight is 146 g/mol. The van der Waals surface area contributed by atoms with Crippen molar-refractivity contribution >= 4 is 8.88 Å². The van der Waals surface area contributed by atoms with E-state index in [4.69, 9.17) is 8.85 Å². The fraction of sp³-hybridized carbons (Fsp3) is 1.00. The first kappa shape index (κ1) is 5.81. The van der Waals surface area contributed by atoms with Crippen molar-refractivity contribution in [3.05, 3.63) is 0 Å². The third-order valence-electron chi connectivity index (χ3n) is 1.53. The molecule has 0 bridgehead atoms. The molecule has 0 aromatic rings. The Morgan fingerprint density at radius 2 is 1.56 bits per heavy atom. The molecular formula is C4H10N2O2Si. The topological polar surface area (TPSA) is 42.5 Å². The van der Waals surface area contributed by atoms with Crippen LogP contribution < -0.4 is 9.96 Å². The molecule has 2 heterocycles. The van der Waals surface area contributed by atoms with E-state index in [-0.39, 0.29) is 0 Å². The highest BCUT2D eigenvalue weighted by atomic mass is 28.4. The Hall–Kier alpha value is 0.0569. The molecule has 0 aliphatic carbocycles. The van der Waals surface area contributed by atoms with Crippen LogP contribution in [0.1, 0.15) is 0 Å². The molecule has 2 aliphatic heterocycles. The van der Waals surface area contributed by atoms with Crippen LogP contribution in [0.3, 0.4) is 0 Å². The summed E-state index contributed by atoms with van der Waals surface area (Å²) in [6, 6.07) is 0. The minimum atomic E-state index is -1.97. The SMILES string of the molecule is C1CO[Si]2(N1)NCCO2. The molecule has 0 radical (unpaired) electrons. The number of nitrogens with one attached hydrogen (secondary N) is 2. The highest BCUT2D eigenvalue weighted by Gasteiger charge is 2.46. The maximum atomic E-state index is 5.40. The highest BCUT2D eigenvalue weighted by Crippen LogP contribution is 2.08. The Bertz CT molecular complexity index is 91.6. The van der Waals surface area contributed by atoms with Crippen LogP contribution in [-0.4, -0.2) is 35.2 Å². The fourth-order valence-electron chi connectivity index (χ4n) is 1.13. The number of hydrogen-bond donors (Lipinski definition) is 2. The molecule has 1 spiro atoms. The van der Waals surface area contributed by atoms with Gasteiger partial charge in [-0.1, -0.05) is 0 Å². The van der Waals surface area contributed by atoms with Crippen molar-refractivity contribution in [2.45, 2.75) is 0 Å². The second-order valence-corrected chi connectivity index (χ2v) is 4.68. The highest BCUT2D eigenvalue weighted by molar-refractivity contribution is 6.63. The van der Waals surface area contributed by atoms with Crippen molar-refractivity contribution < 1.29 is 8.85 Å². The summed E-state index contributed by atoms with van der Waals surface area (Å²) in [5.74, 6) is 0. The van der Waals surface area contributed by atoms with Crippen LogP contribution in [0.2, 0.25) is 0 Å². The number of hydrogen-bond acceptors (Lipinski definition) is 4. The fourth-order valence-corrected chi connectivity index (χ4v) is 3.39. The summed E-state index contributed by atoms with van der Waals surface area (Å²) in [5.41, 5.74) is 0. The molecule has 52 valence electrons. The molecule has 2 N–H and O–H groups in total. The van der Waals surface area contributed by atoms with Crippen molar-refractivity contribution in [1.82, 2.24) is 9.96 Å². The quantitative estimate of drug-likeness (QED) is 0.415. The molecule has 2 rings (SSSR count). The van der Waals surface area contributed by atoms with Crippen molar-refractivity contribution in [3.63, 3.8) is 0 Å². The van der Waals surface area contributed by atoms with Crippen LogP contribution in [0, 0.1) is 0 Å². The first-order valence-corrected chi connectivity index (χ1v) is 5.01. The first-order valence-electron chi connectivity index (χ1n) is 3.19. The van der Waals surface area contributed by atoms with E-state index in [0.29, 0.717) is 0 Å². The van der Waals surface area contributed by atoms with Gasteiger partial charge in [-0.25, -0.2) is 0 Å².